The molecule has 6 rings (SSSR count). The van der Waals surface area contributed by atoms with E-state index in [0.29, 0.717) is 13.5 Å². The molecule has 0 bridgehead atoms. The van der Waals surface area contributed by atoms with Crippen LogP contribution in [0.4, 0.5) is 11.4 Å². The number of benzene rings is 4. The maximum atomic E-state index is 6.10. The van der Waals surface area contributed by atoms with Gasteiger partial charge in [0.25, 0.3) is 0 Å². The fourth-order valence-electron chi connectivity index (χ4n) is 4.57. The van der Waals surface area contributed by atoms with Crippen LogP contribution in [-0.4, -0.2) is 13.5 Å². The molecule has 4 aromatic rings. The van der Waals surface area contributed by atoms with E-state index in [2.05, 4.69) is 84.3 Å². The van der Waals surface area contributed by atoms with Crippen molar-refractivity contribution in [2.75, 3.05) is 23.3 Å². The fraction of sp³-hybridized carbons (Fsp3) is 0.200. The Bertz CT molecular complexity index is 1240. The lowest BCUT2D eigenvalue weighted by molar-refractivity contribution is 0.289. The third-order valence-electron chi connectivity index (χ3n) is 6.56. The summed E-state index contributed by atoms with van der Waals surface area (Å²) in [5.74, 6) is 3.59. The highest BCUT2D eigenvalue weighted by molar-refractivity contribution is 5.54. The van der Waals surface area contributed by atoms with Crippen LogP contribution in [0.15, 0.2) is 84.9 Å². The predicted octanol–water partition coefficient (Wildman–Crippen LogP) is 6.81. The predicted molar refractivity (Wildman–Crippen MR) is 139 cm³/mol. The largest absolute Gasteiger partial charge is 0.473 e. The third kappa shape index (κ3) is 4.50. The van der Waals surface area contributed by atoms with Crippen LogP contribution in [0.5, 0.6) is 23.0 Å². The lowest BCUT2D eigenvalue weighted by Gasteiger charge is -2.31. The van der Waals surface area contributed by atoms with Gasteiger partial charge in [0.05, 0.1) is 0 Å². The first-order valence-corrected chi connectivity index (χ1v) is 11.9. The zero-order chi connectivity index (χ0) is 23.8. The Hall–Kier alpha value is -4.12. The van der Waals surface area contributed by atoms with Crippen molar-refractivity contribution in [1.29, 1.82) is 0 Å². The first-order valence-electron chi connectivity index (χ1n) is 11.9. The quantitative estimate of drug-likeness (QED) is 0.331. The zero-order valence-corrected chi connectivity index (χ0v) is 20.0. The second kappa shape index (κ2) is 8.91. The molecule has 0 atom stereocenters. The molecule has 0 amide bonds. The SMILES string of the molecule is Cc1ccc2c(c1)OCN(c1ccc(Oc3ccc(N4COc5cc(C)ccc5C4)cc3)cc1)C2. The van der Waals surface area contributed by atoms with Crippen molar-refractivity contribution in [1.82, 2.24) is 0 Å². The molecule has 2 aliphatic rings. The van der Waals surface area contributed by atoms with Crippen LogP contribution in [0.1, 0.15) is 22.3 Å². The fourth-order valence-corrected chi connectivity index (χ4v) is 4.57. The number of hydrogen-bond donors (Lipinski definition) is 0. The molecule has 0 aromatic heterocycles. The van der Waals surface area contributed by atoms with Crippen LogP contribution in [0.3, 0.4) is 0 Å². The summed E-state index contributed by atoms with van der Waals surface area (Å²) < 4.78 is 18.0. The summed E-state index contributed by atoms with van der Waals surface area (Å²) in [6, 6.07) is 29.1. The van der Waals surface area contributed by atoms with E-state index in [1.165, 1.54) is 22.3 Å². The van der Waals surface area contributed by atoms with Gasteiger partial charge in [0.15, 0.2) is 13.5 Å². The van der Waals surface area contributed by atoms with Crippen molar-refractivity contribution in [3.05, 3.63) is 107 Å². The maximum Gasteiger partial charge on any atom is 0.161 e. The molecular formula is C30H28N2O3. The lowest BCUT2D eigenvalue weighted by atomic mass is 10.1. The van der Waals surface area contributed by atoms with Crippen LogP contribution in [-0.2, 0) is 13.1 Å². The summed E-state index contributed by atoms with van der Waals surface area (Å²) in [6.07, 6.45) is 0. The minimum absolute atomic E-state index is 0.544. The van der Waals surface area contributed by atoms with Crippen molar-refractivity contribution >= 4 is 11.4 Å². The summed E-state index contributed by atoms with van der Waals surface area (Å²) in [5, 5.41) is 0. The minimum Gasteiger partial charge on any atom is -0.473 e. The van der Waals surface area contributed by atoms with Gasteiger partial charge < -0.3 is 24.0 Å². The molecule has 0 unspecified atom stereocenters. The molecule has 35 heavy (non-hydrogen) atoms. The van der Waals surface area contributed by atoms with Gasteiger partial charge in [-0.2, -0.15) is 0 Å². The number of anilines is 2. The van der Waals surface area contributed by atoms with E-state index in [1.54, 1.807) is 0 Å². The molecule has 0 N–H and O–H groups in total. The van der Waals surface area contributed by atoms with Crippen molar-refractivity contribution in [3.63, 3.8) is 0 Å². The number of fused-ring (bicyclic) bond motifs is 2. The summed E-state index contributed by atoms with van der Waals surface area (Å²) in [5.41, 5.74) is 7.08. The van der Waals surface area contributed by atoms with E-state index in [9.17, 15) is 0 Å². The highest BCUT2D eigenvalue weighted by Crippen LogP contribution is 2.33. The normalized spacial score (nSPS) is 14.5. The zero-order valence-electron chi connectivity index (χ0n) is 20.0. The van der Waals surface area contributed by atoms with E-state index in [-0.39, 0.29) is 0 Å². The molecule has 0 spiro atoms. The smallest absolute Gasteiger partial charge is 0.161 e. The molecule has 0 fully saturated rings. The topological polar surface area (TPSA) is 34.2 Å². The minimum atomic E-state index is 0.544. The third-order valence-corrected chi connectivity index (χ3v) is 6.56. The van der Waals surface area contributed by atoms with Gasteiger partial charge in [-0.25, -0.2) is 0 Å². The van der Waals surface area contributed by atoms with Gasteiger partial charge in [0, 0.05) is 35.6 Å². The molecule has 176 valence electrons. The van der Waals surface area contributed by atoms with Gasteiger partial charge in [-0.05, 0) is 85.6 Å². The van der Waals surface area contributed by atoms with E-state index in [0.717, 1.165) is 47.5 Å². The van der Waals surface area contributed by atoms with Crippen molar-refractivity contribution in [2.24, 2.45) is 0 Å². The monoisotopic (exact) mass is 464 g/mol. The second-order valence-corrected chi connectivity index (χ2v) is 9.25. The Kier molecular flexibility index (Phi) is 5.45. The van der Waals surface area contributed by atoms with Gasteiger partial charge in [-0.15, -0.1) is 0 Å². The number of ether oxygens (including phenoxy) is 3. The number of rotatable bonds is 4. The Morgan fingerprint density at radius 1 is 0.571 bits per heavy atom. The summed E-state index contributed by atoms with van der Waals surface area (Å²) >= 11 is 0. The Balaban J connectivity index is 1.09. The standard InChI is InChI=1S/C30H28N2O3/c1-21-3-5-23-17-31(19-33-29(23)15-21)25-7-11-27(12-8-25)35-28-13-9-26(10-14-28)32-18-24-6-4-22(2)16-30(24)34-20-32/h3-16H,17-20H2,1-2H3. The van der Waals surface area contributed by atoms with Crippen LogP contribution in [0.25, 0.3) is 0 Å². The average molecular weight is 465 g/mol. The van der Waals surface area contributed by atoms with E-state index < -0.39 is 0 Å². The maximum absolute atomic E-state index is 6.10. The van der Waals surface area contributed by atoms with Crippen LogP contribution in [0.2, 0.25) is 0 Å². The number of nitrogens with zero attached hydrogens (tertiary/aromatic N) is 2. The van der Waals surface area contributed by atoms with Crippen molar-refractivity contribution in [3.8, 4) is 23.0 Å². The molecular weight excluding hydrogens is 436 g/mol. The molecule has 2 aliphatic heterocycles. The summed E-state index contributed by atoms with van der Waals surface area (Å²) in [6.45, 7) is 6.93. The second-order valence-electron chi connectivity index (χ2n) is 9.25. The number of hydrogen-bond acceptors (Lipinski definition) is 5. The highest BCUT2D eigenvalue weighted by Gasteiger charge is 2.19. The molecule has 0 radical (unpaired) electrons. The molecule has 0 saturated carbocycles. The first kappa shape index (κ1) is 21.4. The molecule has 5 nitrogen and oxygen atoms in total. The highest BCUT2D eigenvalue weighted by atomic mass is 16.5. The summed E-state index contributed by atoms with van der Waals surface area (Å²) in [4.78, 5) is 4.44. The molecule has 2 heterocycles. The number of aryl methyl sites for hydroxylation is 2. The molecule has 0 saturated heterocycles. The van der Waals surface area contributed by atoms with Gasteiger partial charge >= 0.3 is 0 Å². The van der Waals surface area contributed by atoms with Gasteiger partial charge in [0.2, 0.25) is 0 Å². The van der Waals surface area contributed by atoms with E-state index >= 15 is 0 Å². The Labute approximate surface area is 206 Å². The van der Waals surface area contributed by atoms with E-state index in [4.69, 9.17) is 14.2 Å². The van der Waals surface area contributed by atoms with E-state index in [1.807, 2.05) is 24.3 Å². The van der Waals surface area contributed by atoms with Crippen LogP contribution < -0.4 is 24.0 Å². The first-order chi connectivity index (χ1) is 17.1. The average Bonchev–Trinajstić information content (AvgIpc) is 2.89. The molecule has 5 heteroatoms. The summed E-state index contributed by atoms with van der Waals surface area (Å²) in [7, 11) is 0. The van der Waals surface area contributed by atoms with Crippen LogP contribution >= 0.6 is 0 Å². The molecule has 4 aromatic carbocycles. The molecule has 0 aliphatic carbocycles. The van der Waals surface area contributed by atoms with Gasteiger partial charge in [0.1, 0.15) is 23.0 Å². The van der Waals surface area contributed by atoms with Gasteiger partial charge in [-0.1, -0.05) is 24.3 Å². The Morgan fingerprint density at radius 2 is 1.00 bits per heavy atom. The van der Waals surface area contributed by atoms with Crippen LogP contribution in [0, 0.1) is 13.8 Å². The Morgan fingerprint density at radius 3 is 1.43 bits per heavy atom. The lowest BCUT2D eigenvalue weighted by Crippen LogP contribution is -2.31. The van der Waals surface area contributed by atoms with Crippen molar-refractivity contribution < 1.29 is 14.2 Å². The van der Waals surface area contributed by atoms with Gasteiger partial charge in [-0.3, -0.25) is 0 Å². The van der Waals surface area contributed by atoms with Crippen molar-refractivity contribution in [2.45, 2.75) is 26.9 Å².